The minimum absolute atomic E-state index is 0.000113. The molecule has 1 aliphatic rings. The first-order chi connectivity index (χ1) is 9.02. The predicted octanol–water partition coefficient (Wildman–Crippen LogP) is 1.22. The lowest BCUT2D eigenvalue weighted by atomic mass is 10.3. The fourth-order valence-electron chi connectivity index (χ4n) is 1.78. The van der Waals surface area contributed by atoms with E-state index in [1.807, 2.05) is 0 Å². The molecule has 1 aromatic rings. The van der Waals surface area contributed by atoms with Crippen molar-refractivity contribution in [2.75, 3.05) is 26.2 Å². The van der Waals surface area contributed by atoms with Crippen LogP contribution in [0.2, 0.25) is 4.34 Å². The SMILES string of the molecule is O=CN1CCN(C(=O)c2cc([N+](=O)[O-])c(Cl)s2)CC1. The van der Waals surface area contributed by atoms with Gasteiger partial charge in [-0.15, -0.1) is 11.3 Å². The second-order valence-electron chi connectivity index (χ2n) is 3.96. The number of carbonyl (C=O) groups is 2. The van der Waals surface area contributed by atoms with Crippen LogP contribution in [0.5, 0.6) is 0 Å². The lowest BCUT2D eigenvalue weighted by Gasteiger charge is -2.32. The van der Waals surface area contributed by atoms with Crippen LogP contribution in [0.1, 0.15) is 9.67 Å². The van der Waals surface area contributed by atoms with Gasteiger partial charge in [0.25, 0.3) is 11.6 Å². The Labute approximate surface area is 117 Å². The van der Waals surface area contributed by atoms with Crippen molar-refractivity contribution in [3.8, 4) is 0 Å². The average Bonchev–Trinajstić information content (AvgIpc) is 2.80. The Morgan fingerprint density at radius 1 is 1.42 bits per heavy atom. The third-order valence-corrected chi connectivity index (χ3v) is 4.15. The van der Waals surface area contributed by atoms with E-state index in [1.54, 1.807) is 9.80 Å². The second kappa shape index (κ2) is 5.54. The molecule has 2 amide bonds. The van der Waals surface area contributed by atoms with Crippen LogP contribution in [0.4, 0.5) is 5.69 Å². The number of amides is 2. The largest absolute Gasteiger partial charge is 0.342 e. The van der Waals surface area contributed by atoms with Crippen molar-refractivity contribution in [2.45, 2.75) is 0 Å². The van der Waals surface area contributed by atoms with Crippen molar-refractivity contribution in [1.82, 2.24) is 9.80 Å². The molecule has 0 aromatic carbocycles. The maximum atomic E-state index is 12.1. The predicted molar refractivity (Wildman–Crippen MR) is 69.5 cm³/mol. The fraction of sp³-hybridized carbons (Fsp3) is 0.400. The van der Waals surface area contributed by atoms with Gasteiger partial charge < -0.3 is 9.80 Å². The van der Waals surface area contributed by atoms with Crippen LogP contribution in [-0.4, -0.2) is 53.2 Å². The highest BCUT2D eigenvalue weighted by molar-refractivity contribution is 7.18. The summed E-state index contributed by atoms with van der Waals surface area (Å²) in [7, 11) is 0. The topological polar surface area (TPSA) is 83.8 Å². The first-order valence-electron chi connectivity index (χ1n) is 5.45. The van der Waals surface area contributed by atoms with Crippen molar-refractivity contribution < 1.29 is 14.5 Å². The van der Waals surface area contributed by atoms with Gasteiger partial charge in [-0.05, 0) is 0 Å². The van der Waals surface area contributed by atoms with Crippen molar-refractivity contribution in [3.05, 3.63) is 25.4 Å². The minimum Gasteiger partial charge on any atom is -0.342 e. The number of halogens is 1. The van der Waals surface area contributed by atoms with Crippen LogP contribution < -0.4 is 0 Å². The van der Waals surface area contributed by atoms with Gasteiger partial charge in [0.05, 0.1) is 4.92 Å². The summed E-state index contributed by atoms with van der Waals surface area (Å²) in [6.07, 6.45) is 0.745. The van der Waals surface area contributed by atoms with Gasteiger partial charge in [0, 0.05) is 32.2 Å². The third kappa shape index (κ3) is 2.85. The molecule has 1 aromatic heterocycles. The Hall–Kier alpha value is -1.67. The van der Waals surface area contributed by atoms with Crippen molar-refractivity contribution >= 4 is 40.9 Å². The molecule has 1 saturated heterocycles. The summed E-state index contributed by atoms with van der Waals surface area (Å²) >= 11 is 6.62. The van der Waals surface area contributed by atoms with Gasteiger partial charge in [-0.2, -0.15) is 0 Å². The normalized spacial score (nSPS) is 15.4. The summed E-state index contributed by atoms with van der Waals surface area (Å²) in [4.78, 5) is 36.1. The number of nitrogens with zero attached hydrogens (tertiary/aromatic N) is 3. The van der Waals surface area contributed by atoms with Crippen LogP contribution in [0, 0.1) is 10.1 Å². The summed E-state index contributed by atoms with van der Waals surface area (Å²) < 4.78 is -0.000113. The van der Waals surface area contributed by atoms with Crippen LogP contribution in [-0.2, 0) is 4.79 Å². The lowest BCUT2D eigenvalue weighted by molar-refractivity contribution is -0.384. The van der Waals surface area contributed by atoms with Crippen molar-refractivity contribution in [2.24, 2.45) is 0 Å². The number of rotatable bonds is 3. The summed E-state index contributed by atoms with van der Waals surface area (Å²) in [5, 5.41) is 10.7. The van der Waals surface area contributed by atoms with Gasteiger partial charge in [0.2, 0.25) is 6.41 Å². The van der Waals surface area contributed by atoms with E-state index in [2.05, 4.69) is 0 Å². The standard InChI is InChI=1S/C10H10ClN3O4S/c11-9-7(14(17)18)5-8(19-9)10(16)13-3-1-12(6-15)2-4-13/h5-6H,1-4H2. The number of nitro groups is 1. The maximum absolute atomic E-state index is 12.1. The van der Waals surface area contributed by atoms with E-state index in [0.29, 0.717) is 26.2 Å². The molecular formula is C10H10ClN3O4S. The zero-order chi connectivity index (χ0) is 14.0. The fourth-order valence-corrected chi connectivity index (χ4v) is 2.97. The summed E-state index contributed by atoms with van der Waals surface area (Å²) in [5.41, 5.74) is -0.249. The lowest BCUT2D eigenvalue weighted by Crippen LogP contribution is -2.47. The Balaban J connectivity index is 2.10. The highest BCUT2D eigenvalue weighted by atomic mass is 35.5. The molecule has 0 saturated carbocycles. The molecule has 0 bridgehead atoms. The zero-order valence-electron chi connectivity index (χ0n) is 9.74. The van der Waals surface area contributed by atoms with E-state index < -0.39 is 4.92 Å². The Kier molecular flexibility index (Phi) is 4.01. The van der Waals surface area contributed by atoms with Crippen LogP contribution >= 0.6 is 22.9 Å². The van der Waals surface area contributed by atoms with E-state index in [-0.39, 0.29) is 20.8 Å². The van der Waals surface area contributed by atoms with Gasteiger partial charge in [-0.25, -0.2) is 0 Å². The van der Waals surface area contributed by atoms with Gasteiger partial charge in [-0.3, -0.25) is 19.7 Å². The van der Waals surface area contributed by atoms with Gasteiger partial charge in [-0.1, -0.05) is 11.6 Å². The van der Waals surface area contributed by atoms with Gasteiger partial charge in [0.15, 0.2) is 4.34 Å². The number of hydrogen-bond acceptors (Lipinski definition) is 5. The molecule has 102 valence electrons. The van der Waals surface area contributed by atoms with E-state index in [0.717, 1.165) is 17.7 Å². The molecule has 19 heavy (non-hydrogen) atoms. The first-order valence-corrected chi connectivity index (χ1v) is 6.64. The quantitative estimate of drug-likeness (QED) is 0.477. The Morgan fingerprint density at radius 3 is 2.53 bits per heavy atom. The number of hydrogen-bond donors (Lipinski definition) is 0. The van der Waals surface area contributed by atoms with E-state index >= 15 is 0 Å². The number of thiophene rings is 1. The average molecular weight is 304 g/mol. The molecule has 7 nitrogen and oxygen atoms in total. The van der Waals surface area contributed by atoms with Crippen LogP contribution in [0.15, 0.2) is 6.07 Å². The molecule has 0 unspecified atom stereocenters. The van der Waals surface area contributed by atoms with E-state index in [4.69, 9.17) is 11.6 Å². The maximum Gasteiger partial charge on any atom is 0.299 e. The summed E-state index contributed by atoms with van der Waals surface area (Å²) in [6, 6.07) is 1.20. The monoisotopic (exact) mass is 303 g/mol. The molecule has 0 aliphatic carbocycles. The molecule has 1 aliphatic heterocycles. The van der Waals surface area contributed by atoms with Crippen LogP contribution in [0.3, 0.4) is 0 Å². The second-order valence-corrected chi connectivity index (χ2v) is 5.61. The molecule has 2 heterocycles. The smallest absolute Gasteiger partial charge is 0.299 e. The highest BCUT2D eigenvalue weighted by Crippen LogP contribution is 2.34. The zero-order valence-corrected chi connectivity index (χ0v) is 11.3. The van der Waals surface area contributed by atoms with E-state index in [9.17, 15) is 19.7 Å². The number of piperazine rings is 1. The summed E-state index contributed by atoms with van der Waals surface area (Å²) in [5.74, 6) is -0.287. The van der Waals surface area contributed by atoms with Crippen molar-refractivity contribution in [3.63, 3.8) is 0 Å². The molecule has 2 rings (SSSR count). The molecule has 0 spiro atoms. The minimum atomic E-state index is -0.611. The molecule has 9 heteroatoms. The van der Waals surface area contributed by atoms with Crippen molar-refractivity contribution in [1.29, 1.82) is 0 Å². The Bertz CT molecular complexity index is 525. The van der Waals surface area contributed by atoms with Gasteiger partial charge in [0.1, 0.15) is 4.88 Å². The Morgan fingerprint density at radius 2 is 2.05 bits per heavy atom. The summed E-state index contributed by atoms with van der Waals surface area (Å²) in [6.45, 7) is 1.77. The number of carbonyl (C=O) groups excluding carboxylic acids is 2. The molecule has 0 N–H and O–H groups in total. The molecule has 0 atom stereocenters. The third-order valence-electron chi connectivity index (χ3n) is 2.83. The van der Waals surface area contributed by atoms with Gasteiger partial charge >= 0.3 is 0 Å². The molecule has 0 radical (unpaired) electrons. The highest BCUT2D eigenvalue weighted by Gasteiger charge is 2.26. The molecule has 1 fully saturated rings. The molecular weight excluding hydrogens is 294 g/mol. The first kappa shape index (κ1) is 13.8. The van der Waals surface area contributed by atoms with E-state index in [1.165, 1.54) is 6.07 Å². The van der Waals surface area contributed by atoms with Crippen LogP contribution in [0.25, 0.3) is 0 Å².